The minimum absolute atomic E-state index is 0.609. The van der Waals surface area contributed by atoms with Gasteiger partial charge in [0.2, 0.25) is 0 Å². The molecule has 0 fully saturated rings. The zero-order chi connectivity index (χ0) is 11.8. The Bertz CT molecular complexity index is 285. The van der Waals surface area contributed by atoms with E-state index in [2.05, 4.69) is 19.2 Å². The number of hydrogen-bond donors (Lipinski definition) is 1. The molecule has 0 spiro atoms. The van der Waals surface area contributed by atoms with Gasteiger partial charge in [-0.1, -0.05) is 44.2 Å². The Hall–Kier alpha value is -0.0500. The maximum absolute atomic E-state index is 5.88. The van der Waals surface area contributed by atoms with Gasteiger partial charge in [0.05, 0.1) is 5.02 Å². The second-order valence-corrected chi connectivity index (χ2v) is 5.79. The van der Waals surface area contributed by atoms with Gasteiger partial charge in [-0.05, 0) is 19.4 Å². The highest BCUT2D eigenvalue weighted by Crippen LogP contribution is 2.19. The molecule has 0 saturated carbocycles. The van der Waals surface area contributed by atoms with E-state index in [4.69, 9.17) is 11.6 Å². The van der Waals surface area contributed by atoms with Crippen molar-refractivity contribution in [1.29, 1.82) is 0 Å². The first kappa shape index (κ1) is 14.0. The molecule has 0 bridgehead atoms. The van der Waals surface area contributed by atoms with Crippen LogP contribution in [0.1, 0.15) is 50.8 Å². The van der Waals surface area contributed by atoms with E-state index in [9.17, 15) is 0 Å². The third-order valence-corrected chi connectivity index (χ3v) is 4.02. The number of thiophene rings is 1. The summed E-state index contributed by atoms with van der Waals surface area (Å²) in [5, 5.41) is 6.39. The number of nitrogens with one attached hydrogen (secondary N) is 1. The Morgan fingerprint density at radius 2 is 2.19 bits per heavy atom. The van der Waals surface area contributed by atoms with E-state index in [1.54, 1.807) is 11.3 Å². The van der Waals surface area contributed by atoms with Crippen LogP contribution in [-0.4, -0.2) is 6.04 Å². The highest BCUT2D eigenvalue weighted by Gasteiger charge is 2.02. The lowest BCUT2D eigenvalue weighted by molar-refractivity contribution is 0.484. The fourth-order valence-electron chi connectivity index (χ4n) is 1.70. The minimum atomic E-state index is 0.609. The molecule has 1 nitrogen and oxygen atoms in total. The molecule has 16 heavy (non-hydrogen) atoms. The lowest BCUT2D eigenvalue weighted by Gasteiger charge is -2.12. The van der Waals surface area contributed by atoms with Crippen molar-refractivity contribution in [2.24, 2.45) is 0 Å². The van der Waals surface area contributed by atoms with Crippen LogP contribution in [0.4, 0.5) is 0 Å². The molecule has 0 aliphatic rings. The van der Waals surface area contributed by atoms with Gasteiger partial charge in [0.15, 0.2) is 0 Å². The molecule has 0 saturated heterocycles. The SMILES string of the molecule is CCCCCCC(C)NCc1cc(Cl)cs1. The zero-order valence-electron chi connectivity index (χ0n) is 10.3. The van der Waals surface area contributed by atoms with Crippen LogP contribution >= 0.6 is 22.9 Å². The molecule has 1 unspecified atom stereocenters. The third kappa shape index (κ3) is 5.88. The third-order valence-electron chi connectivity index (χ3n) is 2.74. The molecule has 0 aliphatic heterocycles. The molecular weight excluding hydrogens is 238 g/mol. The van der Waals surface area contributed by atoms with E-state index >= 15 is 0 Å². The smallest absolute Gasteiger partial charge is 0.0516 e. The van der Waals surface area contributed by atoms with Crippen LogP contribution in [0.2, 0.25) is 5.02 Å². The fourth-order valence-corrected chi connectivity index (χ4v) is 2.72. The first-order chi connectivity index (χ1) is 7.72. The molecule has 1 aromatic heterocycles. The van der Waals surface area contributed by atoms with Gasteiger partial charge in [0.25, 0.3) is 0 Å². The topological polar surface area (TPSA) is 12.0 Å². The van der Waals surface area contributed by atoms with Crippen molar-refractivity contribution < 1.29 is 0 Å². The Labute approximate surface area is 108 Å². The molecule has 1 heterocycles. The highest BCUT2D eigenvalue weighted by atomic mass is 35.5. The maximum atomic E-state index is 5.88. The lowest BCUT2D eigenvalue weighted by Crippen LogP contribution is -2.24. The van der Waals surface area contributed by atoms with Gasteiger partial charge in [-0.2, -0.15) is 0 Å². The monoisotopic (exact) mass is 259 g/mol. The highest BCUT2D eigenvalue weighted by molar-refractivity contribution is 7.10. The van der Waals surface area contributed by atoms with Gasteiger partial charge in [-0.15, -0.1) is 11.3 Å². The summed E-state index contributed by atoms with van der Waals surface area (Å²) in [6.45, 7) is 5.47. The van der Waals surface area contributed by atoms with E-state index in [1.807, 2.05) is 11.4 Å². The summed E-state index contributed by atoms with van der Waals surface area (Å²) in [5.74, 6) is 0. The summed E-state index contributed by atoms with van der Waals surface area (Å²) >= 11 is 7.61. The van der Waals surface area contributed by atoms with E-state index in [1.165, 1.54) is 37.0 Å². The Morgan fingerprint density at radius 3 is 2.81 bits per heavy atom. The van der Waals surface area contributed by atoms with Crippen molar-refractivity contribution >= 4 is 22.9 Å². The normalized spacial score (nSPS) is 12.9. The van der Waals surface area contributed by atoms with Gasteiger partial charge in [-0.3, -0.25) is 0 Å². The molecule has 1 atom stereocenters. The van der Waals surface area contributed by atoms with Crippen LogP contribution < -0.4 is 5.32 Å². The summed E-state index contributed by atoms with van der Waals surface area (Å²) < 4.78 is 0. The summed E-state index contributed by atoms with van der Waals surface area (Å²) in [5.41, 5.74) is 0. The first-order valence-electron chi connectivity index (χ1n) is 6.18. The maximum Gasteiger partial charge on any atom is 0.0516 e. The standard InChI is InChI=1S/C13H22ClNS/c1-3-4-5-6-7-11(2)15-9-13-8-12(14)10-16-13/h8,10-11,15H,3-7,9H2,1-2H3. The second kappa shape index (κ2) is 8.10. The molecule has 0 aliphatic carbocycles. The minimum Gasteiger partial charge on any atom is -0.309 e. The van der Waals surface area contributed by atoms with Gasteiger partial charge >= 0.3 is 0 Å². The molecule has 1 N–H and O–H groups in total. The molecule has 3 heteroatoms. The van der Waals surface area contributed by atoms with Gasteiger partial charge < -0.3 is 5.32 Å². The lowest BCUT2D eigenvalue weighted by atomic mass is 10.1. The van der Waals surface area contributed by atoms with Gasteiger partial charge in [-0.25, -0.2) is 0 Å². The largest absolute Gasteiger partial charge is 0.309 e. The molecular formula is C13H22ClNS. The molecule has 0 radical (unpaired) electrons. The predicted molar refractivity (Wildman–Crippen MR) is 74.4 cm³/mol. The van der Waals surface area contributed by atoms with Gasteiger partial charge in [0.1, 0.15) is 0 Å². The van der Waals surface area contributed by atoms with Crippen molar-refractivity contribution in [2.45, 2.75) is 58.5 Å². The van der Waals surface area contributed by atoms with Crippen LogP contribution in [0.5, 0.6) is 0 Å². The summed E-state index contributed by atoms with van der Waals surface area (Å²) in [6, 6.07) is 2.65. The van der Waals surface area contributed by atoms with E-state index < -0.39 is 0 Å². The molecule has 1 rings (SSSR count). The van der Waals surface area contributed by atoms with Crippen LogP contribution in [0.15, 0.2) is 11.4 Å². The average molecular weight is 260 g/mol. The van der Waals surface area contributed by atoms with Crippen LogP contribution in [0, 0.1) is 0 Å². The van der Waals surface area contributed by atoms with Gasteiger partial charge in [0, 0.05) is 22.8 Å². The van der Waals surface area contributed by atoms with Crippen molar-refractivity contribution in [3.05, 3.63) is 21.3 Å². The first-order valence-corrected chi connectivity index (χ1v) is 7.44. The molecule has 1 aromatic rings. The Kier molecular flexibility index (Phi) is 7.10. The van der Waals surface area contributed by atoms with Crippen molar-refractivity contribution in [1.82, 2.24) is 5.32 Å². The van der Waals surface area contributed by atoms with Crippen molar-refractivity contribution in [3.63, 3.8) is 0 Å². The summed E-state index contributed by atoms with van der Waals surface area (Å²) in [6.07, 6.45) is 6.67. The molecule has 0 aromatic carbocycles. The average Bonchev–Trinajstić information content (AvgIpc) is 2.68. The number of hydrogen-bond acceptors (Lipinski definition) is 2. The van der Waals surface area contributed by atoms with E-state index in [0.717, 1.165) is 11.6 Å². The predicted octanol–water partition coefficient (Wildman–Crippen LogP) is 4.85. The fraction of sp³-hybridized carbons (Fsp3) is 0.692. The number of rotatable bonds is 8. The quantitative estimate of drug-likeness (QED) is 0.658. The summed E-state index contributed by atoms with van der Waals surface area (Å²) in [7, 11) is 0. The van der Waals surface area contributed by atoms with Crippen molar-refractivity contribution in [2.75, 3.05) is 0 Å². The Balaban J connectivity index is 2.08. The van der Waals surface area contributed by atoms with E-state index in [0.29, 0.717) is 6.04 Å². The molecule has 92 valence electrons. The molecule has 0 amide bonds. The number of unbranched alkanes of at least 4 members (excludes halogenated alkanes) is 3. The summed E-state index contributed by atoms with van der Waals surface area (Å²) in [4.78, 5) is 1.32. The van der Waals surface area contributed by atoms with Crippen LogP contribution in [0.3, 0.4) is 0 Å². The van der Waals surface area contributed by atoms with E-state index in [-0.39, 0.29) is 0 Å². The van der Waals surface area contributed by atoms with Crippen molar-refractivity contribution in [3.8, 4) is 0 Å². The second-order valence-electron chi connectivity index (χ2n) is 4.36. The zero-order valence-corrected chi connectivity index (χ0v) is 11.8. The Morgan fingerprint density at radius 1 is 1.38 bits per heavy atom. The van der Waals surface area contributed by atoms with Crippen LogP contribution in [-0.2, 0) is 6.54 Å². The number of halogens is 1. The van der Waals surface area contributed by atoms with Crippen LogP contribution in [0.25, 0.3) is 0 Å².